The summed E-state index contributed by atoms with van der Waals surface area (Å²) in [6.45, 7) is 0. The minimum atomic E-state index is 0.713. The fraction of sp³-hybridized carbons (Fsp3) is 0. The van der Waals surface area contributed by atoms with Crippen molar-refractivity contribution in [1.29, 1.82) is 5.41 Å². The molecular weight excluding hydrogens is 94.1 g/mol. The van der Waals surface area contributed by atoms with Gasteiger partial charge in [0.2, 0.25) is 10.5 Å². The van der Waals surface area contributed by atoms with E-state index < -0.39 is 0 Å². The van der Waals surface area contributed by atoms with Gasteiger partial charge in [-0.2, -0.15) is 0 Å². The lowest BCUT2D eigenvalue weighted by atomic mass is 10.7. The van der Waals surface area contributed by atoms with E-state index in [0.29, 0.717) is 10.5 Å². The van der Waals surface area contributed by atoms with Crippen LogP contribution in [0.1, 0.15) is 0 Å². The summed E-state index contributed by atoms with van der Waals surface area (Å²) in [7, 11) is 0.713. The molecule has 0 radical (unpaired) electrons. The highest BCUT2D eigenvalue weighted by atomic mass is 28.2. The van der Waals surface area contributed by atoms with Crippen LogP contribution >= 0.6 is 0 Å². The van der Waals surface area contributed by atoms with Crippen LogP contribution in [0.15, 0.2) is 12.3 Å². The van der Waals surface area contributed by atoms with Gasteiger partial charge in [-0.25, -0.2) is 0 Å². The largest absolute Gasteiger partial charge is 0.558 e. The molecule has 0 aliphatic rings. The lowest BCUT2D eigenvalue weighted by Crippen LogP contribution is -1.65. The van der Waals surface area contributed by atoms with Gasteiger partial charge in [-0.3, -0.25) is 0 Å². The molecule has 6 heavy (non-hydrogen) atoms. The van der Waals surface area contributed by atoms with E-state index in [0.717, 1.165) is 0 Å². The third-order valence-electron chi connectivity index (χ3n) is 0.311. The molecular formula is C3H7NOSi. The van der Waals surface area contributed by atoms with Crippen LogP contribution in [0.4, 0.5) is 0 Å². The Morgan fingerprint density at radius 3 is 2.50 bits per heavy atom. The van der Waals surface area contributed by atoms with Crippen LogP contribution in [0.25, 0.3) is 0 Å². The van der Waals surface area contributed by atoms with Crippen LogP contribution < -0.4 is 0 Å². The predicted octanol–water partition coefficient (Wildman–Crippen LogP) is -0.553. The summed E-state index contributed by atoms with van der Waals surface area (Å²) in [4.78, 5) is 0. The Balaban J connectivity index is 2.94. The molecule has 2 nitrogen and oxygen atoms in total. The first kappa shape index (κ1) is 5.43. The Labute approximate surface area is 39.9 Å². The number of rotatable bonds is 2. The lowest BCUT2D eigenvalue weighted by Gasteiger charge is -1.78. The highest BCUT2D eigenvalue weighted by molar-refractivity contribution is 5.98. The molecule has 0 aromatic carbocycles. The molecule has 0 rings (SSSR count). The maximum absolute atomic E-state index is 6.43. The van der Waals surface area contributed by atoms with Gasteiger partial charge in [-0.1, -0.05) is 0 Å². The SMILES string of the molecule is N=CC=CO[SiH3]. The van der Waals surface area contributed by atoms with Crippen LogP contribution in [0.2, 0.25) is 0 Å². The predicted molar refractivity (Wildman–Crippen MR) is 28.9 cm³/mol. The summed E-state index contributed by atoms with van der Waals surface area (Å²) in [5.74, 6) is 0. The van der Waals surface area contributed by atoms with Crippen molar-refractivity contribution in [2.24, 2.45) is 0 Å². The Hall–Kier alpha value is -0.573. The Bertz CT molecular complexity index is 61.8. The minimum absolute atomic E-state index is 0.713. The molecule has 0 heterocycles. The molecule has 34 valence electrons. The van der Waals surface area contributed by atoms with Crippen molar-refractivity contribution in [2.45, 2.75) is 0 Å². The zero-order valence-corrected chi connectivity index (χ0v) is 5.64. The zero-order valence-electron chi connectivity index (χ0n) is 3.64. The van der Waals surface area contributed by atoms with Gasteiger partial charge in [0, 0.05) is 6.21 Å². The number of nitrogens with one attached hydrogen (secondary N) is 1. The van der Waals surface area contributed by atoms with Gasteiger partial charge >= 0.3 is 0 Å². The summed E-state index contributed by atoms with van der Waals surface area (Å²) < 4.78 is 4.59. The molecule has 0 saturated heterocycles. The number of hydrogen-bond acceptors (Lipinski definition) is 2. The first-order valence-corrected chi connectivity index (χ1v) is 2.42. The maximum Gasteiger partial charge on any atom is 0.203 e. The molecule has 0 amide bonds. The molecule has 0 unspecified atom stereocenters. The lowest BCUT2D eigenvalue weighted by molar-refractivity contribution is 0.536. The van der Waals surface area contributed by atoms with Crippen LogP contribution in [0.3, 0.4) is 0 Å². The highest BCUT2D eigenvalue weighted by Gasteiger charge is 1.52. The fourth-order valence-electron chi connectivity index (χ4n) is 0.118. The fourth-order valence-corrected chi connectivity index (χ4v) is 0.275. The summed E-state index contributed by atoms with van der Waals surface area (Å²) in [5.41, 5.74) is 0. The third-order valence-corrected chi connectivity index (χ3v) is 0.583. The summed E-state index contributed by atoms with van der Waals surface area (Å²) >= 11 is 0. The first-order chi connectivity index (χ1) is 2.91. The second-order valence-electron chi connectivity index (χ2n) is 0.731. The molecule has 0 aromatic heterocycles. The van der Waals surface area contributed by atoms with Crippen molar-refractivity contribution >= 4 is 16.7 Å². The average molecular weight is 101 g/mol. The zero-order chi connectivity index (χ0) is 4.83. The molecule has 1 N–H and O–H groups in total. The van der Waals surface area contributed by atoms with Gasteiger partial charge in [-0.15, -0.1) is 0 Å². The number of hydrogen-bond donors (Lipinski definition) is 1. The van der Waals surface area contributed by atoms with Gasteiger partial charge in [0.15, 0.2) is 0 Å². The van der Waals surface area contributed by atoms with E-state index in [9.17, 15) is 0 Å². The standard InChI is InChI=1S/C3H7NOSi/c4-2-1-3-5-6/h1-4H,6H3. The molecule has 0 fully saturated rings. The van der Waals surface area contributed by atoms with Crippen LogP contribution in [-0.4, -0.2) is 16.7 Å². The molecule has 0 bridgehead atoms. The first-order valence-electron chi connectivity index (χ1n) is 1.60. The molecule has 3 heteroatoms. The highest BCUT2D eigenvalue weighted by Crippen LogP contribution is 1.62. The van der Waals surface area contributed by atoms with Crippen molar-refractivity contribution < 1.29 is 4.43 Å². The van der Waals surface area contributed by atoms with Gasteiger partial charge in [0.25, 0.3) is 0 Å². The van der Waals surface area contributed by atoms with E-state index in [-0.39, 0.29) is 0 Å². The Morgan fingerprint density at radius 2 is 2.33 bits per heavy atom. The Morgan fingerprint density at radius 1 is 1.67 bits per heavy atom. The van der Waals surface area contributed by atoms with E-state index >= 15 is 0 Å². The molecule has 0 saturated carbocycles. The average Bonchev–Trinajstić information content (AvgIpc) is 1.61. The van der Waals surface area contributed by atoms with E-state index in [1.807, 2.05) is 0 Å². The molecule has 0 aliphatic heterocycles. The van der Waals surface area contributed by atoms with Crippen molar-refractivity contribution in [3.63, 3.8) is 0 Å². The second kappa shape index (κ2) is 4.43. The van der Waals surface area contributed by atoms with E-state index in [2.05, 4.69) is 4.43 Å². The van der Waals surface area contributed by atoms with Crippen molar-refractivity contribution in [3.05, 3.63) is 12.3 Å². The topological polar surface area (TPSA) is 33.1 Å². The van der Waals surface area contributed by atoms with Crippen LogP contribution in [0.5, 0.6) is 0 Å². The molecule has 0 spiro atoms. The van der Waals surface area contributed by atoms with Gasteiger partial charge < -0.3 is 9.84 Å². The Kier molecular flexibility index (Phi) is 4.00. The van der Waals surface area contributed by atoms with Crippen molar-refractivity contribution in [2.75, 3.05) is 0 Å². The van der Waals surface area contributed by atoms with Gasteiger partial charge in [0.1, 0.15) is 0 Å². The third kappa shape index (κ3) is 3.43. The number of allylic oxidation sites excluding steroid dienone is 1. The van der Waals surface area contributed by atoms with E-state index in [4.69, 9.17) is 5.41 Å². The molecule has 0 atom stereocenters. The molecule has 0 aromatic rings. The van der Waals surface area contributed by atoms with E-state index in [1.54, 1.807) is 0 Å². The quantitative estimate of drug-likeness (QED) is 0.282. The van der Waals surface area contributed by atoms with Gasteiger partial charge in [0.05, 0.1) is 6.26 Å². The summed E-state index contributed by atoms with van der Waals surface area (Å²) in [6.07, 6.45) is 4.21. The van der Waals surface area contributed by atoms with Gasteiger partial charge in [-0.05, 0) is 6.08 Å². The van der Waals surface area contributed by atoms with Crippen LogP contribution in [0, 0.1) is 5.41 Å². The maximum atomic E-state index is 6.43. The summed E-state index contributed by atoms with van der Waals surface area (Å²) in [5, 5.41) is 6.43. The molecule has 0 aliphatic carbocycles. The second-order valence-corrected chi connectivity index (χ2v) is 1.20. The summed E-state index contributed by atoms with van der Waals surface area (Å²) in [6, 6.07) is 0. The minimum Gasteiger partial charge on any atom is -0.558 e. The van der Waals surface area contributed by atoms with Crippen molar-refractivity contribution in [3.8, 4) is 0 Å². The van der Waals surface area contributed by atoms with Crippen molar-refractivity contribution in [1.82, 2.24) is 0 Å². The smallest absolute Gasteiger partial charge is 0.203 e. The van der Waals surface area contributed by atoms with Crippen LogP contribution in [-0.2, 0) is 4.43 Å². The normalized spacial score (nSPS) is 9.33. The monoisotopic (exact) mass is 101 g/mol. The van der Waals surface area contributed by atoms with E-state index in [1.165, 1.54) is 18.6 Å².